The highest BCUT2D eigenvalue weighted by Crippen LogP contribution is 2.37. The number of ether oxygens (including phenoxy) is 1. The Morgan fingerprint density at radius 2 is 1.90 bits per heavy atom. The molecule has 0 saturated carbocycles. The normalized spacial score (nSPS) is 16.7. The van der Waals surface area contributed by atoms with E-state index < -0.39 is 35.6 Å². The van der Waals surface area contributed by atoms with Gasteiger partial charge < -0.3 is 4.74 Å². The molecule has 0 N–H and O–H groups in total. The number of aromatic nitrogens is 3. The fraction of sp³-hybridized carbons (Fsp3) is 0.211. The lowest BCUT2D eigenvalue weighted by Crippen LogP contribution is -2.30. The number of imidazole rings is 1. The Kier molecular flexibility index (Phi) is 5.08. The van der Waals surface area contributed by atoms with Crippen LogP contribution in [-0.4, -0.2) is 27.2 Å². The van der Waals surface area contributed by atoms with E-state index in [9.17, 15) is 26.7 Å². The van der Waals surface area contributed by atoms with Crippen molar-refractivity contribution in [1.82, 2.24) is 14.5 Å². The minimum absolute atomic E-state index is 0.0168. The van der Waals surface area contributed by atoms with Gasteiger partial charge >= 0.3 is 12.3 Å². The number of aryl methyl sites for hydroxylation is 1. The molecule has 6 nitrogen and oxygen atoms in total. The largest absolute Gasteiger partial charge is 0.446 e. The van der Waals surface area contributed by atoms with Crippen molar-refractivity contribution in [3.8, 4) is 5.69 Å². The van der Waals surface area contributed by atoms with Crippen molar-refractivity contribution >= 4 is 23.5 Å². The van der Waals surface area contributed by atoms with E-state index in [-0.39, 0.29) is 34.7 Å². The summed E-state index contributed by atoms with van der Waals surface area (Å²) in [7, 11) is 0. The summed E-state index contributed by atoms with van der Waals surface area (Å²) in [5.74, 6) is -2.02. The van der Waals surface area contributed by atoms with Gasteiger partial charge in [0.15, 0.2) is 0 Å². The molecule has 1 fully saturated rings. The predicted octanol–water partition coefficient (Wildman–Crippen LogP) is 5.22. The van der Waals surface area contributed by atoms with Crippen molar-refractivity contribution in [3.05, 3.63) is 70.4 Å². The average Bonchev–Trinajstić information content (AvgIpc) is 3.25. The molecular formula is C19H12ClF5N4O2. The lowest BCUT2D eigenvalue weighted by atomic mass is 10.2. The Hall–Kier alpha value is -3.21. The van der Waals surface area contributed by atoms with Gasteiger partial charge in [0.2, 0.25) is 5.95 Å². The molecule has 4 rings (SSSR count). The molecule has 31 heavy (non-hydrogen) atoms. The number of nitrogens with zero attached hydrogens (tertiary/aromatic N) is 4. The van der Waals surface area contributed by atoms with E-state index in [4.69, 9.17) is 16.3 Å². The van der Waals surface area contributed by atoms with Crippen LogP contribution in [0.2, 0.25) is 5.02 Å². The molecule has 1 aromatic carbocycles. The molecule has 3 aromatic rings. The van der Waals surface area contributed by atoms with E-state index >= 15 is 0 Å². The van der Waals surface area contributed by atoms with Crippen molar-refractivity contribution in [2.45, 2.75) is 19.1 Å². The van der Waals surface area contributed by atoms with Crippen LogP contribution in [0.4, 0.5) is 32.6 Å². The van der Waals surface area contributed by atoms with E-state index in [1.165, 1.54) is 23.6 Å². The summed E-state index contributed by atoms with van der Waals surface area (Å²) < 4.78 is 73.5. The number of amides is 1. The minimum atomic E-state index is -4.67. The molecule has 1 saturated heterocycles. The SMILES string of the molecule is Cc1cc(C(F)(F)F)cc(N2C(=O)OC[C@H]2c2nc(F)cn2-c2ccc(F)c(Cl)c2)n1. The maximum atomic E-state index is 14.1. The summed E-state index contributed by atoms with van der Waals surface area (Å²) in [5.41, 5.74) is -0.762. The molecule has 1 aliphatic heterocycles. The summed E-state index contributed by atoms with van der Waals surface area (Å²) in [6.45, 7) is 1.03. The van der Waals surface area contributed by atoms with Gasteiger partial charge in [0, 0.05) is 11.4 Å². The van der Waals surface area contributed by atoms with Gasteiger partial charge in [-0.05, 0) is 37.3 Å². The summed E-state index contributed by atoms with van der Waals surface area (Å²) in [4.78, 5) is 21.0. The second kappa shape index (κ2) is 7.49. The lowest BCUT2D eigenvalue weighted by molar-refractivity contribution is -0.137. The Balaban J connectivity index is 1.82. The fourth-order valence-electron chi connectivity index (χ4n) is 3.24. The van der Waals surface area contributed by atoms with Gasteiger partial charge in [-0.25, -0.2) is 24.1 Å². The molecule has 0 unspecified atom stereocenters. The summed E-state index contributed by atoms with van der Waals surface area (Å²) in [6, 6.07) is 4.02. The smallest absolute Gasteiger partial charge is 0.416 e. The molecule has 0 spiro atoms. The average molecular weight is 459 g/mol. The molecule has 1 atom stereocenters. The third-order valence-electron chi connectivity index (χ3n) is 4.57. The van der Waals surface area contributed by atoms with Crippen LogP contribution in [0.3, 0.4) is 0 Å². The van der Waals surface area contributed by atoms with Crippen LogP contribution in [0.15, 0.2) is 36.5 Å². The first-order chi connectivity index (χ1) is 14.5. The third kappa shape index (κ3) is 3.92. The number of carbonyl (C=O) groups is 1. The van der Waals surface area contributed by atoms with Crippen molar-refractivity contribution in [2.75, 3.05) is 11.5 Å². The number of anilines is 1. The van der Waals surface area contributed by atoms with Crippen LogP contribution in [0.5, 0.6) is 0 Å². The summed E-state index contributed by atoms with van der Waals surface area (Å²) >= 11 is 5.80. The molecule has 1 aliphatic rings. The van der Waals surface area contributed by atoms with E-state index in [0.717, 1.165) is 23.2 Å². The van der Waals surface area contributed by atoms with E-state index in [1.807, 2.05) is 0 Å². The van der Waals surface area contributed by atoms with Crippen LogP contribution >= 0.6 is 11.6 Å². The van der Waals surface area contributed by atoms with E-state index in [1.54, 1.807) is 0 Å². The molecule has 12 heteroatoms. The first kappa shape index (κ1) is 21.0. The highest BCUT2D eigenvalue weighted by Gasteiger charge is 2.41. The molecule has 0 bridgehead atoms. The zero-order chi connectivity index (χ0) is 22.5. The number of halogens is 6. The molecular weight excluding hydrogens is 447 g/mol. The standard InChI is InChI=1S/C19H12ClF5N4O2/c1-9-4-10(19(23,24)25)5-16(26-9)29-14(8-31-18(29)30)17-27-15(22)7-28(17)11-2-3-13(21)12(20)6-11/h2-7,14H,8H2,1H3/t14-/m0/s1. The van der Waals surface area contributed by atoms with Crippen molar-refractivity contribution in [2.24, 2.45) is 0 Å². The minimum Gasteiger partial charge on any atom is -0.446 e. The zero-order valence-electron chi connectivity index (χ0n) is 15.6. The summed E-state index contributed by atoms with van der Waals surface area (Å²) in [5, 5.41) is -0.233. The number of benzene rings is 1. The number of cyclic esters (lactones) is 1. The molecule has 162 valence electrons. The highest BCUT2D eigenvalue weighted by molar-refractivity contribution is 6.30. The van der Waals surface area contributed by atoms with Crippen molar-refractivity contribution in [1.29, 1.82) is 0 Å². The highest BCUT2D eigenvalue weighted by atomic mass is 35.5. The second-order valence-corrected chi connectivity index (χ2v) is 7.11. The Bertz CT molecular complexity index is 1180. The van der Waals surface area contributed by atoms with Crippen LogP contribution in [0, 0.1) is 18.7 Å². The van der Waals surface area contributed by atoms with Gasteiger partial charge in [-0.2, -0.15) is 17.6 Å². The monoisotopic (exact) mass is 458 g/mol. The number of hydrogen-bond donors (Lipinski definition) is 0. The van der Waals surface area contributed by atoms with Gasteiger partial charge in [0.05, 0.1) is 16.8 Å². The van der Waals surface area contributed by atoms with E-state index in [0.29, 0.717) is 6.07 Å². The maximum Gasteiger partial charge on any atom is 0.416 e. The van der Waals surface area contributed by atoms with Crippen molar-refractivity contribution < 1.29 is 31.5 Å². The molecule has 2 aromatic heterocycles. The number of pyridine rings is 1. The molecule has 0 aliphatic carbocycles. The van der Waals surface area contributed by atoms with Gasteiger partial charge in [-0.3, -0.25) is 4.57 Å². The Morgan fingerprint density at radius 1 is 1.16 bits per heavy atom. The quantitative estimate of drug-likeness (QED) is 0.505. The molecule has 1 amide bonds. The number of rotatable bonds is 3. The van der Waals surface area contributed by atoms with Gasteiger partial charge in [0.25, 0.3) is 0 Å². The van der Waals surface area contributed by atoms with Crippen molar-refractivity contribution in [3.63, 3.8) is 0 Å². The number of alkyl halides is 3. The van der Waals surface area contributed by atoms with Crippen LogP contribution in [0.1, 0.15) is 23.1 Å². The van der Waals surface area contributed by atoms with Crippen LogP contribution in [-0.2, 0) is 10.9 Å². The van der Waals surface area contributed by atoms with Gasteiger partial charge in [-0.1, -0.05) is 11.6 Å². The number of hydrogen-bond acceptors (Lipinski definition) is 4. The zero-order valence-corrected chi connectivity index (χ0v) is 16.4. The Labute approximate surface area is 176 Å². The third-order valence-corrected chi connectivity index (χ3v) is 4.86. The van der Waals surface area contributed by atoms with Crippen LogP contribution < -0.4 is 4.90 Å². The topological polar surface area (TPSA) is 60.3 Å². The fourth-order valence-corrected chi connectivity index (χ4v) is 3.42. The van der Waals surface area contributed by atoms with Crippen LogP contribution in [0.25, 0.3) is 5.69 Å². The van der Waals surface area contributed by atoms with Gasteiger partial charge in [0.1, 0.15) is 30.1 Å². The predicted molar refractivity (Wildman–Crippen MR) is 99.0 cm³/mol. The number of carbonyl (C=O) groups excluding carboxylic acids is 1. The molecule has 3 heterocycles. The Morgan fingerprint density at radius 3 is 2.58 bits per heavy atom. The first-order valence-corrected chi connectivity index (χ1v) is 9.14. The van der Waals surface area contributed by atoms with Gasteiger partial charge in [-0.15, -0.1) is 0 Å². The maximum absolute atomic E-state index is 14.1. The van der Waals surface area contributed by atoms with E-state index in [2.05, 4.69) is 9.97 Å². The second-order valence-electron chi connectivity index (χ2n) is 6.71. The first-order valence-electron chi connectivity index (χ1n) is 8.76. The summed E-state index contributed by atoms with van der Waals surface area (Å²) in [6.07, 6.45) is -4.66. The molecule has 0 radical (unpaired) electrons. The lowest BCUT2D eigenvalue weighted by Gasteiger charge is -2.22.